The third-order valence-corrected chi connectivity index (χ3v) is 5.74. The van der Waals surface area contributed by atoms with Gasteiger partial charge in [-0.15, -0.1) is 0 Å². The van der Waals surface area contributed by atoms with Gasteiger partial charge < -0.3 is 15.0 Å². The molecule has 1 aromatic carbocycles. The molecule has 0 saturated heterocycles. The summed E-state index contributed by atoms with van der Waals surface area (Å²) in [5.74, 6) is -3.10. The first-order valence-electron chi connectivity index (χ1n) is 9.63. The largest absolute Gasteiger partial charge is 0.497 e. The second-order valence-corrected chi connectivity index (χ2v) is 7.56. The minimum Gasteiger partial charge on any atom is -0.497 e. The number of ketones is 1. The average molecular weight is 424 g/mol. The first kappa shape index (κ1) is 21.9. The van der Waals surface area contributed by atoms with Crippen LogP contribution in [0.1, 0.15) is 49.9 Å². The molecule has 0 spiro atoms. The predicted molar refractivity (Wildman–Crippen MR) is 102 cm³/mol. The van der Waals surface area contributed by atoms with Crippen LogP contribution < -0.4 is 10.1 Å². The number of carbonyl (C=O) groups excluding carboxylic acids is 3. The van der Waals surface area contributed by atoms with E-state index in [2.05, 4.69) is 0 Å². The van der Waals surface area contributed by atoms with E-state index in [4.69, 9.17) is 4.74 Å². The van der Waals surface area contributed by atoms with E-state index in [9.17, 15) is 27.6 Å². The first-order chi connectivity index (χ1) is 14.0. The molecule has 0 bridgehead atoms. The van der Waals surface area contributed by atoms with Crippen molar-refractivity contribution in [1.82, 2.24) is 10.2 Å². The van der Waals surface area contributed by atoms with Crippen LogP contribution in [0, 0.1) is 0 Å². The standard InChI is InChI=1S/C21H23F3N2O4/c1-12-17(13(2)27)20(21(22,23)24,19(29)26(12)15-8-4-5-9-15)25-18(28)14-7-6-10-16(11-14)30-3/h6-7,10-11,15H,4-5,8-9H2,1-3H3,(H,25,28)/t20-/m1/s1. The summed E-state index contributed by atoms with van der Waals surface area (Å²) in [6.07, 6.45) is -2.55. The number of halogens is 3. The van der Waals surface area contributed by atoms with Gasteiger partial charge in [-0.25, -0.2) is 0 Å². The molecule has 162 valence electrons. The van der Waals surface area contributed by atoms with E-state index >= 15 is 0 Å². The highest BCUT2D eigenvalue weighted by Crippen LogP contribution is 2.47. The first-order valence-corrected chi connectivity index (χ1v) is 9.63. The van der Waals surface area contributed by atoms with E-state index < -0.39 is 40.9 Å². The van der Waals surface area contributed by atoms with E-state index in [0.29, 0.717) is 12.8 Å². The lowest BCUT2D eigenvalue weighted by atomic mass is 9.86. The zero-order chi connectivity index (χ0) is 22.3. The lowest BCUT2D eigenvalue weighted by Crippen LogP contribution is -2.66. The van der Waals surface area contributed by atoms with Gasteiger partial charge in [-0.1, -0.05) is 18.9 Å². The summed E-state index contributed by atoms with van der Waals surface area (Å²) in [4.78, 5) is 39.4. The molecule has 1 aliphatic carbocycles. The van der Waals surface area contributed by atoms with Crippen LogP contribution in [-0.4, -0.2) is 47.4 Å². The van der Waals surface area contributed by atoms with Crippen molar-refractivity contribution in [3.8, 4) is 5.75 Å². The Bertz CT molecular complexity index is 919. The van der Waals surface area contributed by atoms with Gasteiger partial charge in [0.05, 0.1) is 12.7 Å². The molecule has 0 aromatic heterocycles. The number of hydrogen-bond acceptors (Lipinski definition) is 4. The highest BCUT2D eigenvalue weighted by molar-refractivity contribution is 6.13. The summed E-state index contributed by atoms with van der Waals surface area (Å²) in [5, 5.41) is 1.88. The lowest BCUT2D eigenvalue weighted by Gasteiger charge is -2.34. The van der Waals surface area contributed by atoms with Crippen molar-refractivity contribution in [2.45, 2.75) is 57.3 Å². The third-order valence-electron chi connectivity index (χ3n) is 5.74. The number of ether oxygens (including phenoxy) is 1. The number of Topliss-reactive ketones (excluding diaryl/α,β-unsaturated/α-hetero) is 1. The number of amides is 2. The molecule has 0 unspecified atom stereocenters. The smallest absolute Gasteiger partial charge is 0.425 e. The summed E-state index contributed by atoms with van der Waals surface area (Å²) >= 11 is 0. The molecule has 1 aromatic rings. The van der Waals surface area contributed by atoms with Crippen molar-refractivity contribution in [3.63, 3.8) is 0 Å². The SMILES string of the molecule is COc1cccc(C(=O)N[C@@]2(C(F)(F)F)C(=O)N(C3CCCC3)C(C)=C2C(C)=O)c1. The fourth-order valence-corrected chi connectivity index (χ4v) is 4.41. The Morgan fingerprint density at radius 2 is 1.87 bits per heavy atom. The Morgan fingerprint density at radius 1 is 1.23 bits per heavy atom. The van der Waals surface area contributed by atoms with Gasteiger partial charge >= 0.3 is 6.18 Å². The van der Waals surface area contributed by atoms with Gasteiger partial charge in [0.2, 0.25) is 5.54 Å². The summed E-state index contributed by atoms with van der Waals surface area (Å²) in [6.45, 7) is 2.31. The maximum absolute atomic E-state index is 14.5. The quantitative estimate of drug-likeness (QED) is 0.787. The Kier molecular flexibility index (Phi) is 5.66. The normalized spacial score (nSPS) is 22.6. The topological polar surface area (TPSA) is 75.7 Å². The monoisotopic (exact) mass is 424 g/mol. The minimum absolute atomic E-state index is 0.0531. The molecular formula is C21H23F3N2O4. The van der Waals surface area contributed by atoms with Crippen molar-refractivity contribution in [2.75, 3.05) is 7.11 Å². The second kappa shape index (κ2) is 7.77. The number of benzene rings is 1. The van der Waals surface area contributed by atoms with Crippen LogP contribution >= 0.6 is 0 Å². The van der Waals surface area contributed by atoms with Gasteiger partial charge in [0, 0.05) is 17.3 Å². The third kappa shape index (κ3) is 3.36. The predicted octanol–water partition coefficient (Wildman–Crippen LogP) is 3.37. The number of methoxy groups -OCH3 is 1. The van der Waals surface area contributed by atoms with Crippen molar-refractivity contribution >= 4 is 17.6 Å². The Balaban J connectivity index is 2.12. The van der Waals surface area contributed by atoms with Gasteiger partial charge in [0.25, 0.3) is 11.8 Å². The zero-order valence-electron chi connectivity index (χ0n) is 16.9. The molecule has 30 heavy (non-hydrogen) atoms. The summed E-state index contributed by atoms with van der Waals surface area (Å²) < 4.78 is 48.4. The lowest BCUT2D eigenvalue weighted by molar-refractivity contribution is -0.191. The Morgan fingerprint density at radius 3 is 2.40 bits per heavy atom. The van der Waals surface area contributed by atoms with Gasteiger partial charge in [0.1, 0.15) is 5.75 Å². The molecular weight excluding hydrogens is 401 g/mol. The fourth-order valence-electron chi connectivity index (χ4n) is 4.41. The molecule has 1 N–H and O–H groups in total. The van der Waals surface area contributed by atoms with E-state index in [-0.39, 0.29) is 17.0 Å². The van der Waals surface area contributed by atoms with Crippen LogP contribution in [0.5, 0.6) is 5.75 Å². The molecule has 1 saturated carbocycles. The van der Waals surface area contributed by atoms with Gasteiger partial charge in [-0.2, -0.15) is 13.2 Å². The molecule has 6 nitrogen and oxygen atoms in total. The van der Waals surface area contributed by atoms with Gasteiger partial charge in [-0.05, 0) is 44.9 Å². The number of nitrogens with one attached hydrogen (secondary N) is 1. The number of rotatable bonds is 5. The van der Waals surface area contributed by atoms with Crippen LogP contribution in [-0.2, 0) is 9.59 Å². The number of hydrogen-bond donors (Lipinski definition) is 1. The van der Waals surface area contributed by atoms with Crippen LogP contribution in [0.15, 0.2) is 35.5 Å². The molecule has 1 fully saturated rings. The number of carbonyl (C=O) groups is 3. The van der Waals surface area contributed by atoms with Crippen molar-refractivity contribution < 1.29 is 32.3 Å². The Hall–Kier alpha value is -2.84. The number of alkyl halides is 3. The maximum Gasteiger partial charge on any atom is 0.425 e. The van der Waals surface area contributed by atoms with Crippen molar-refractivity contribution in [3.05, 3.63) is 41.1 Å². The van der Waals surface area contributed by atoms with Crippen LogP contribution in [0.2, 0.25) is 0 Å². The average Bonchev–Trinajstić information content (AvgIpc) is 3.26. The number of nitrogens with zero attached hydrogens (tertiary/aromatic N) is 1. The Labute approximate surface area is 172 Å². The fraction of sp³-hybridized carbons (Fsp3) is 0.476. The maximum atomic E-state index is 14.5. The van der Waals surface area contributed by atoms with Gasteiger partial charge in [0.15, 0.2) is 5.78 Å². The van der Waals surface area contributed by atoms with E-state index in [1.165, 1.54) is 38.3 Å². The summed E-state index contributed by atoms with van der Waals surface area (Å²) in [6, 6.07) is 5.12. The highest BCUT2D eigenvalue weighted by atomic mass is 19.4. The molecule has 3 rings (SSSR count). The molecule has 9 heteroatoms. The summed E-state index contributed by atoms with van der Waals surface area (Å²) in [5.41, 5.74) is -4.33. The van der Waals surface area contributed by atoms with Crippen molar-refractivity contribution in [1.29, 1.82) is 0 Å². The van der Waals surface area contributed by atoms with E-state index in [0.717, 1.165) is 24.7 Å². The molecule has 2 amide bonds. The van der Waals surface area contributed by atoms with E-state index in [1.807, 2.05) is 5.32 Å². The number of allylic oxidation sites excluding steroid dienone is 1. The highest BCUT2D eigenvalue weighted by Gasteiger charge is 2.70. The van der Waals surface area contributed by atoms with Crippen LogP contribution in [0.4, 0.5) is 13.2 Å². The molecule has 1 atom stereocenters. The van der Waals surface area contributed by atoms with Gasteiger partial charge in [-0.3, -0.25) is 14.4 Å². The minimum atomic E-state index is -5.21. The van der Waals surface area contributed by atoms with Crippen LogP contribution in [0.3, 0.4) is 0 Å². The zero-order valence-corrected chi connectivity index (χ0v) is 16.9. The van der Waals surface area contributed by atoms with Crippen LogP contribution in [0.25, 0.3) is 0 Å². The van der Waals surface area contributed by atoms with Crippen molar-refractivity contribution in [2.24, 2.45) is 0 Å². The molecule has 2 aliphatic rings. The molecule has 1 aliphatic heterocycles. The summed E-state index contributed by atoms with van der Waals surface area (Å²) in [7, 11) is 1.36. The second-order valence-electron chi connectivity index (χ2n) is 7.56. The molecule has 0 radical (unpaired) electrons. The molecule has 1 heterocycles. The van der Waals surface area contributed by atoms with E-state index in [1.54, 1.807) is 0 Å².